The monoisotopic (exact) mass is 381 g/mol. The van der Waals surface area contributed by atoms with Gasteiger partial charge in [0.05, 0.1) is 0 Å². The highest BCUT2D eigenvalue weighted by Gasteiger charge is 2.53. The number of pyridine rings is 2. The fourth-order valence-electron chi connectivity index (χ4n) is 3.13. The summed E-state index contributed by atoms with van der Waals surface area (Å²) < 4.78 is 45.7. The number of sulfonamides is 1. The van der Waals surface area contributed by atoms with Crippen molar-refractivity contribution in [1.82, 2.24) is 14.3 Å². The summed E-state index contributed by atoms with van der Waals surface area (Å²) in [6.45, 7) is 0.860. The van der Waals surface area contributed by atoms with Crippen molar-refractivity contribution in [2.24, 2.45) is 0 Å². The maximum absolute atomic E-state index is 13.6. The summed E-state index contributed by atoms with van der Waals surface area (Å²) >= 11 is 1.68. The van der Waals surface area contributed by atoms with Crippen LogP contribution in [0, 0.1) is 5.82 Å². The van der Waals surface area contributed by atoms with Gasteiger partial charge in [-0.25, -0.2) is 17.8 Å². The molecule has 6 nitrogen and oxygen atoms in total. The molecule has 0 saturated carbocycles. The van der Waals surface area contributed by atoms with Gasteiger partial charge in [-0.2, -0.15) is 4.31 Å². The Balaban J connectivity index is 1.40. The van der Waals surface area contributed by atoms with Crippen LogP contribution in [0.3, 0.4) is 0 Å². The van der Waals surface area contributed by atoms with Crippen molar-refractivity contribution in [3.05, 3.63) is 48.7 Å². The van der Waals surface area contributed by atoms with E-state index in [9.17, 15) is 12.8 Å². The van der Waals surface area contributed by atoms with Gasteiger partial charge in [0.2, 0.25) is 10.0 Å². The SMILES string of the molecule is O=S(=O)(c1cccnc1)N1CC2(CC(Oc3ncccc3F)CS2)C1. The molecule has 2 aliphatic rings. The van der Waals surface area contributed by atoms with Gasteiger partial charge in [0, 0.05) is 48.6 Å². The molecule has 25 heavy (non-hydrogen) atoms. The first-order valence-electron chi connectivity index (χ1n) is 7.80. The second-order valence-corrected chi connectivity index (χ2v) is 9.62. The van der Waals surface area contributed by atoms with Crippen molar-refractivity contribution < 1.29 is 17.5 Å². The number of nitrogens with zero attached hydrogens (tertiary/aromatic N) is 3. The molecule has 2 aliphatic heterocycles. The number of ether oxygens (including phenoxy) is 1. The van der Waals surface area contributed by atoms with E-state index in [0.29, 0.717) is 25.3 Å². The molecule has 1 spiro atoms. The molecule has 9 heteroatoms. The smallest absolute Gasteiger partial charge is 0.250 e. The number of rotatable bonds is 4. The molecule has 1 unspecified atom stereocenters. The minimum absolute atomic E-state index is 0.00399. The Labute approximate surface area is 149 Å². The highest BCUT2D eigenvalue weighted by atomic mass is 32.2. The Kier molecular flexibility index (Phi) is 4.17. The Morgan fingerprint density at radius 3 is 2.80 bits per heavy atom. The van der Waals surface area contributed by atoms with Gasteiger partial charge in [0.1, 0.15) is 11.0 Å². The zero-order valence-corrected chi connectivity index (χ0v) is 14.8. The van der Waals surface area contributed by atoms with Gasteiger partial charge in [0.15, 0.2) is 5.82 Å². The quantitative estimate of drug-likeness (QED) is 0.806. The second-order valence-electron chi connectivity index (χ2n) is 6.19. The average Bonchev–Trinajstić information content (AvgIpc) is 3.01. The van der Waals surface area contributed by atoms with Crippen LogP contribution < -0.4 is 4.74 Å². The van der Waals surface area contributed by atoms with E-state index in [1.807, 2.05) is 0 Å². The minimum Gasteiger partial charge on any atom is -0.471 e. The molecule has 4 heterocycles. The molecule has 2 aromatic heterocycles. The van der Waals surface area contributed by atoms with Crippen LogP contribution in [0.1, 0.15) is 6.42 Å². The van der Waals surface area contributed by atoms with Crippen molar-refractivity contribution in [1.29, 1.82) is 0 Å². The average molecular weight is 381 g/mol. The zero-order chi connectivity index (χ0) is 17.5. The van der Waals surface area contributed by atoms with Crippen molar-refractivity contribution in [2.45, 2.75) is 22.2 Å². The molecule has 0 radical (unpaired) electrons. The topological polar surface area (TPSA) is 72.4 Å². The van der Waals surface area contributed by atoms with E-state index in [0.717, 1.165) is 0 Å². The standard InChI is InChI=1S/C16H16FN3O3S2/c17-14-4-2-6-19-15(14)23-12-7-16(24-9-12)10-20(11-16)25(21,22)13-3-1-5-18-8-13/h1-6,8,12H,7,9-11H2. The van der Waals surface area contributed by atoms with Crippen molar-refractivity contribution in [3.8, 4) is 5.88 Å². The van der Waals surface area contributed by atoms with Gasteiger partial charge in [-0.05, 0) is 24.3 Å². The molecule has 132 valence electrons. The lowest BCUT2D eigenvalue weighted by Gasteiger charge is -2.46. The Hall–Kier alpha value is -1.71. The number of aromatic nitrogens is 2. The summed E-state index contributed by atoms with van der Waals surface area (Å²) in [5.41, 5.74) is 0. The van der Waals surface area contributed by atoms with Gasteiger partial charge >= 0.3 is 0 Å². The molecule has 0 bridgehead atoms. The molecule has 4 rings (SSSR count). The predicted octanol–water partition coefficient (Wildman–Crippen LogP) is 1.94. The van der Waals surface area contributed by atoms with E-state index >= 15 is 0 Å². The summed E-state index contributed by atoms with van der Waals surface area (Å²) in [7, 11) is -3.50. The third-order valence-corrected chi connectivity index (χ3v) is 7.73. The van der Waals surface area contributed by atoms with E-state index in [2.05, 4.69) is 9.97 Å². The lowest BCUT2D eigenvalue weighted by atomic mass is 9.95. The summed E-state index contributed by atoms with van der Waals surface area (Å²) in [6.07, 6.45) is 4.90. The third-order valence-electron chi connectivity index (χ3n) is 4.38. The highest BCUT2D eigenvalue weighted by Crippen LogP contribution is 2.47. The van der Waals surface area contributed by atoms with Gasteiger partial charge < -0.3 is 4.74 Å². The van der Waals surface area contributed by atoms with E-state index in [1.54, 1.807) is 30.1 Å². The Bertz CT molecular complexity index is 873. The summed E-state index contributed by atoms with van der Waals surface area (Å²) in [5, 5.41) is 0. The zero-order valence-electron chi connectivity index (χ0n) is 13.2. The van der Waals surface area contributed by atoms with Crippen LogP contribution in [0.5, 0.6) is 5.88 Å². The number of halogens is 1. The molecule has 1 atom stereocenters. The largest absolute Gasteiger partial charge is 0.471 e. The molecular weight excluding hydrogens is 365 g/mol. The van der Waals surface area contributed by atoms with E-state index in [4.69, 9.17) is 4.74 Å². The van der Waals surface area contributed by atoms with E-state index in [1.165, 1.54) is 28.8 Å². The molecule has 2 fully saturated rings. The van der Waals surface area contributed by atoms with Crippen molar-refractivity contribution in [2.75, 3.05) is 18.8 Å². The van der Waals surface area contributed by atoms with Crippen LogP contribution in [0.25, 0.3) is 0 Å². The molecule has 0 N–H and O–H groups in total. The Morgan fingerprint density at radius 1 is 1.28 bits per heavy atom. The maximum Gasteiger partial charge on any atom is 0.250 e. The van der Waals surface area contributed by atoms with E-state index < -0.39 is 15.8 Å². The van der Waals surface area contributed by atoms with E-state index in [-0.39, 0.29) is 21.6 Å². The highest BCUT2D eigenvalue weighted by molar-refractivity contribution is 8.01. The second kappa shape index (κ2) is 6.22. The molecule has 0 aromatic carbocycles. The molecule has 0 aliphatic carbocycles. The van der Waals surface area contributed by atoms with Gasteiger partial charge in [-0.15, -0.1) is 11.8 Å². The maximum atomic E-state index is 13.6. The van der Waals surface area contributed by atoms with Crippen LogP contribution in [0.15, 0.2) is 47.8 Å². The lowest BCUT2D eigenvalue weighted by molar-refractivity contribution is 0.150. The van der Waals surface area contributed by atoms with Crippen LogP contribution in [0.4, 0.5) is 4.39 Å². The van der Waals surface area contributed by atoms with Crippen LogP contribution in [0.2, 0.25) is 0 Å². The van der Waals surface area contributed by atoms with Crippen molar-refractivity contribution in [3.63, 3.8) is 0 Å². The normalized spacial score (nSPS) is 22.7. The summed E-state index contributed by atoms with van der Waals surface area (Å²) in [4.78, 5) is 7.99. The predicted molar refractivity (Wildman–Crippen MR) is 91.4 cm³/mol. The number of hydrogen-bond acceptors (Lipinski definition) is 6. The third kappa shape index (κ3) is 3.11. The van der Waals surface area contributed by atoms with Gasteiger partial charge in [-0.1, -0.05) is 0 Å². The number of hydrogen-bond donors (Lipinski definition) is 0. The first-order valence-corrected chi connectivity index (χ1v) is 10.2. The minimum atomic E-state index is -3.50. The molecule has 2 aromatic rings. The van der Waals surface area contributed by atoms with Gasteiger partial charge in [-0.3, -0.25) is 4.98 Å². The lowest BCUT2D eigenvalue weighted by Crippen LogP contribution is -2.60. The van der Waals surface area contributed by atoms with Crippen molar-refractivity contribution >= 4 is 21.8 Å². The Morgan fingerprint density at radius 2 is 2.08 bits per heavy atom. The summed E-state index contributed by atoms with van der Waals surface area (Å²) in [5.74, 6) is 0.212. The summed E-state index contributed by atoms with van der Waals surface area (Å²) in [6, 6.07) is 5.98. The molecule has 2 saturated heterocycles. The van der Waals surface area contributed by atoms with Crippen LogP contribution >= 0.6 is 11.8 Å². The van der Waals surface area contributed by atoms with Crippen LogP contribution in [-0.2, 0) is 10.0 Å². The first-order chi connectivity index (χ1) is 12.0. The molecular formula is C16H16FN3O3S2. The van der Waals surface area contributed by atoms with Crippen LogP contribution in [-0.4, -0.2) is 52.4 Å². The first kappa shape index (κ1) is 16.7. The molecule has 0 amide bonds. The van der Waals surface area contributed by atoms with Gasteiger partial charge in [0.25, 0.3) is 5.88 Å². The number of thioether (sulfide) groups is 1. The fourth-order valence-corrected chi connectivity index (χ4v) is 6.39. The fraction of sp³-hybridized carbons (Fsp3) is 0.375.